The minimum Gasteiger partial charge on any atom is -0.378 e. The number of hydrazine groups is 1. The predicted octanol–water partition coefficient (Wildman–Crippen LogP) is 0.0611. The molecule has 0 amide bonds. The Bertz CT molecular complexity index is 471. The molecular formula is C10H14N6O2. The summed E-state index contributed by atoms with van der Waals surface area (Å²) in [6, 6.07) is 1.87. The number of amidine groups is 1. The summed E-state index contributed by atoms with van der Waals surface area (Å²) in [6.07, 6.45) is 2.67. The number of nitro groups is 1. The van der Waals surface area contributed by atoms with Crippen LogP contribution in [0.25, 0.3) is 0 Å². The summed E-state index contributed by atoms with van der Waals surface area (Å²) in [5.74, 6) is 5.56. The molecule has 8 heteroatoms. The van der Waals surface area contributed by atoms with Crippen molar-refractivity contribution in [2.75, 3.05) is 0 Å². The van der Waals surface area contributed by atoms with Gasteiger partial charge in [0.1, 0.15) is 11.8 Å². The van der Waals surface area contributed by atoms with Crippen molar-refractivity contribution in [3.8, 4) is 6.07 Å². The fourth-order valence-electron chi connectivity index (χ4n) is 2.52. The maximum atomic E-state index is 11.1. The van der Waals surface area contributed by atoms with Crippen LogP contribution in [0.2, 0.25) is 0 Å². The summed E-state index contributed by atoms with van der Waals surface area (Å²) in [5, 5.41) is 21.1. The number of aliphatic imine (C=N–C) groups is 1. The zero-order valence-electron chi connectivity index (χ0n) is 9.74. The number of hydrogen-bond acceptors (Lipinski definition) is 7. The Labute approximate surface area is 104 Å². The Morgan fingerprint density at radius 1 is 1.50 bits per heavy atom. The van der Waals surface area contributed by atoms with E-state index in [1.54, 1.807) is 0 Å². The normalized spacial score (nSPS) is 25.0. The van der Waals surface area contributed by atoms with Crippen LogP contribution in [0, 0.1) is 27.4 Å². The summed E-state index contributed by atoms with van der Waals surface area (Å²) < 4.78 is 0. The quantitative estimate of drug-likeness (QED) is 0.404. The second-order valence-electron chi connectivity index (χ2n) is 4.40. The highest BCUT2D eigenvalue weighted by molar-refractivity contribution is 5.96. The molecule has 0 saturated heterocycles. The van der Waals surface area contributed by atoms with Gasteiger partial charge in [-0.3, -0.25) is 15.1 Å². The SMILES string of the molecule is N#CC1N=C(N)C([N+](=O)[O-])=C(C2CCCC2)N1N. The third-order valence-electron chi connectivity index (χ3n) is 3.33. The first-order valence-corrected chi connectivity index (χ1v) is 5.72. The molecule has 18 heavy (non-hydrogen) atoms. The number of hydrogen-bond donors (Lipinski definition) is 2. The topological polar surface area (TPSA) is 135 Å². The summed E-state index contributed by atoms with van der Waals surface area (Å²) in [6.45, 7) is 0. The molecule has 0 aromatic rings. The molecule has 1 atom stereocenters. The van der Waals surface area contributed by atoms with Crippen LogP contribution >= 0.6 is 0 Å². The molecule has 2 rings (SSSR count). The van der Waals surface area contributed by atoms with E-state index in [0.717, 1.165) is 30.7 Å². The maximum Gasteiger partial charge on any atom is 0.331 e. The first-order valence-electron chi connectivity index (χ1n) is 5.72. The Kier molecular flexibility index (Phi) is 3.16. The van der Waals surface area contributed by atoms with Gasteiger partial charge in [0.05, 0.1) is 4.92 Å². The minimum atomic E-state index is -0.982. The number of nitrogens with two attached hydrogens (primary N) is 2. The maximum absolute atomic E-state index is 11.1. The third kappa shape index (κ3) is 1.89. The molecular weight excluding hydrogens is 236 g/mol. The zero-order chi connectivity index (χ0) is 13.3. The molecule has 4 N–H and O–H groups in total. The Balaban J connectivity index is 2.49. The van der Waals surface area contributed by atoms with Crippen LogP contribution in [-0.4, -0.2) is 21.9 Å². The largest absolute Gasteiger partial charge is 0.378 e. The second-order valence-corrected chi connectivity index (χ2v) is 4.40. The molecule has 96 valence electrons. The van der Waals surface area contributed by atoms with E-state index in [1.807, 2.05) is 6.07 Å². The summed E-state index contributed by atoms with van der Waals surface area (Å²) >= 11 is 0. The van der Waals surface area contributed by atoms with Crippen LogP contribution in [0.1, 0.15) is 25.7 Å². The molecule has 1 aliphatic heterocycles. The summed E-state index contributed by atoms with van der Waals surface area (Å²) in [4.78, 5) is 14.3. The van der Waals surface area contributed by atoms with Crippen LogP contribution in [0.5, 0.6) is 0 Å². The van der Waals surface area contributed by atoms with Crippen LogP contribution in [0.15, 0.2) is 16.4 Å². The lowest BCUT2D eigenvalue weighted by Crippen LogP contribution is -2.47. The van der Waals surface area contributed by atoms with Crippen molar-refractivity contribution in [2.45, 2.75) is 31.8 Å². The number of nitrogens with zero attached hydrogens (tertiary/aromatic N) is 4. The van der Waals surface area contributed by atoms with Gasteiger partial charge in [-0.1, -0.05) is 12.8 Å². The number of rotatable bonds is 2. The van der Waals surface area contributed by atoms with Gasteiger partial charge >= 0.3 is 5.70 Å². The average Bonchev–Trinajstić information content (AvgIpc) is 2.83. The summed E-state index contributed by atoms with van der Waals surface area (Å²) in [7, 11) is 0. The van der Waals surface area contributed by atoms with E-state index >= 15 is 0 Å². The van der Waals surface area contributed by atoms with Crippen molar-refractivity contribution < 1.29 is 4.92 Å². The van der Waals surface area contributed by atoms with Crippen molar-refractivity contribution in [3.63, 3.8) is 0 Å². The Morgan fingerprint density at radius 2 is 2.11 bits per heavy atom. The van der Waals surface area contributed by atoms with Gasteiger partial charge in [-0.25, -0.2) is 10.8 Å². The molecule has 1 heterocycles. The highest BCUT2D eigenvalue weighted by Crippen LogP contribution is 2.35. The van der Waals surface area contributed by atoms with Gasteiger partial charge in [0.15, 0.2) is 0 Å². The molecule has 1 fully saturated rings. The van der Waals surface area contributed by atoms with Gasteiger partial charge < -0.3 is 5.73 Å². The molecule has 0 aromatic carbocycles. The fourth-order valence-corrected chi connectivity index (χ4v) is 2.52. The molecule has 1 saturated carbocycles. The molecule has 1 aliphatic carbocycles. The second kappa shape index (κ2) is 4.62. The smallest absolute Gasteiger partial charge is 0.331 e. The Hall–Kier alpha value is -2.14. The van der Waals surface area contributed by atoms with Crippen molar-refractivity contribution in [1.82, 2.24) is 5.01 Å². The Morgan fingerprint density at radius 3 is 2.61 bits per heavy atom. The molecule has 0 spiro atoms. The first kappa shape index (κ1) is 12.3. The summed E-state index contributed by atoms with van der Waals surface area (Å²) in [5.41, 5.74) is 5.67. The fraction of sp³-hybridized carbons (Fsp3) is 0.600. The van der Waals surface area contributed by atoms with Crippen LogP contribution in [0.4, 0.5) is 0 Å². The van der Waals surface area contributed by atoms with Crippen molar-refractivity contribution in [2.24, 2.45) is 22.5 Å². The van der Waals surface area contributed by atoms with Gasteiger partial charge in [-0.15, -0.1) is 0 Å². The van der Waals surface area contributed by atoms with E-state index in [-0.39, 0.29) is 17.5 Å². The van der Waals surface area contributed by atoms with E-state index in [0.29, 0.717) is 5.70 Å². The standard InChI is InChI=1S/C10H14N6O2/c11-5-7-14-10(12)9(16(17)18)8(15(7)13)6-3-1-2-4-6/h6-7H,1-4,13H2,(H2,12,14). The molecule has 1 unspecified atom stereocenters. The lowest BCUT2D eigenvalue weighted by atomic mass is 9.99. The van der Waals surface area contributed by atoms with E-state index < -0.39 is 11.1 Å². The monoisotopic (exact) mass is 250 g/mol. The molecule has 0 radical (unpaired) electrons. The van der Waals surface area contributed by atoms with Crippen LogP contribution < -0.4 is 11.6 Å². The highest BCUT2D eigenvalue weighted by atomic mass is 16.6. The van der Waals surface area contributed by atoms with Gasteiger partial charge in [0.25, 0.3) is 0 Å². The minimum absolute atomic E-state index is 0.0136. The van der Waals surface area contributed by atoms with Gasteiger partial charge in [-0.05, 0) is 12.8 Å². The molecule has 8 nitrogen and oxygen atoms in total. The molecule has 0 aromatic heterocycles. The number of allylic oxidation sites excluding steroid dienone is 1. The lowest BCUT2D eigenvalue weighted by molar-refractivity contribution is -0.418. The third-order valence-corrected chi connectivity index (χ3v) is 3.33. The van der Waals surface area contributed by atoms with Gasteiger partial charge in [0, 0.05) is 5.92 Å². The first-order chi connectivity index (χ1) is 8.56. The van der Waals surface area contributed by atoms with Crippen molar-refractivity contribution >= 4 is 5.84 Å². The predicted molar refractivity (Wildman–Crippen MR) is 63.0 cm³/mol. The molecule has 2 aliphatic rings. The number of nitriles is 1. The average molecular weight is 250 g/mol. The van der Waals surface area contributed by atoms with Crippen molar-refractivity contribution in [1.29, 1.82) is 5.26 Å². The lowest BCUT2D eigenvalue weighted by Gasteiger charge is -2.30. The van der Waals surface area contributed by atoms with Gasteiger partial charge in [-0.2, -0.15) is 5.26 Å². The van der Waals surface area contributed by atoms with Gasteiger partial charge in [0.2, 0.25) is 12.0 Å². The van der Waals surface area contributed by atoms with Crippen LogP contribution in [0.3, 0.4) is 0 Å². The highest BCUT2D eigenvalue weighted by Gasteiger charge is 2.39. The van der Waals surface area contributed by atoms with Crippen molar-refractivity contribution in [3.05, 3.63) is 21.5 Å². The van der Waals surface area contributed by atoms with E-state index in [1.165, 1.54) is 0 Å². The zero-order valence-corrected chi connectivity index (χ0v) is 9.74. The molecule has 0 bridgehead atoms. The van der Waals surface area contributed by atoms with E-state index in [4.69, 9.17) is 16.8 Å². The van der Waals surface area contributed by atoms with E-state index in [9.17, 15) is 10.1 Å². The van der Waals surface area contributed by atoms with Crippen LogP contribution in [-0.2, 0) is 0 Å². The van der Waals surface area contributed by atoms with E-state index in [2.05, 4.69) is 4.99 Å².